The number of nitrogens with one attached hydrogen (secondary N) is 2. The predicted molar refractivity (Wildman–Crippen MR) is 57.9 cm³/mol. The molecule has 0 radical (unpaired) electrons. The van der Waals surface area contributed by atoms with Crippen LogP contribution in [-0.4, -0.2) is 26.7 Å². The minimum atomic E-state index is 0.953. The van der Waals surface area contributed by atoms with Gasteiger partial charge in [0.05, 0.1) is 0 Å². The summed E-state index contributed by atoms with van der Waals surface area (Å²) in [4.78, 5) is 0. The Balaban J connectivity index is 1.93. The molecule has 0 heterocycles. The lowest BCUT2D eigenvalue weighted by atomic mass is 9.98. The summed E-state index contributed by atoms with van der Waals surface area (Å²) < 4.78 is 0. The van der Waals surface area contributed by atoms with Crippen molar-refractivity contribution in [1.29, 1.82) is 0 Å². The van der Waals surface area contributed by atoms with Gasteiger partial charge in [0.1, 0.15) is 0 Å². The second-order valence-corrected chi connectivity index (χ2v) is 4.33. The second-order valence-electron chi connectivity index (χ2n) is 4.33. The molecular formula is C11H24N2. The summed E-state index contributed by atoms with van der Waals surface area (Å²) in [7, 11) is 2.01. The van der Waals surface area contributed by atoms with Gasteiger partial charge in [0.15, 0.2) is 0 Å². The number of rotatable bonds is 6. The van der Waals surface area contributed by atoms with Gasteiger partial charge in [-0.1, -0.05) is 19.8 Å². The summed E-state index contributed by atoms with van der Waals surface area (Å²) in [5.41, 5.74) is 0. The molecule has 0 aromatic heterocycles. The standard InChI is InChI=1S/C11H24N2/c1-10-5-3-6-11(10)9-13-8-4-7-12-2/h10-13H,3-9H2,1-2H3. The third-order valence-electron chi connectivity index (χ3n) is 3.23. The quantitative estimate of drug-likeness (QED) is 0.613. The van der Waals surface area contributed by atoms with Crippen molar-refractivity contribution < 1.29 is 0 Å². The first-order valence-corrected chi connectivity index (χ1v) is 5.70. The van der Waals surface area contributed by atoms with Crippen LogP contribution in [0.4, 0.5) is 0 Å². The molecule has 2 heteroatoms. The second kappa shape index (κ2) is 6.39. The summed E-state index contributed by atoms with van der Waals surface area (Å²) in [6.07, 6.45) is 5.59. The highest BCUT2D eigenvalue weighted by Crippen LogP contribution is 2.30. The van der Waals surface area contributed by atoms with E-state index in [0.29, 0.717) is 0 Å². The Morgan fingerprint density at radius 1 is 1.23 bits per heavy atom. The van der Waals surface area contributed by atoms with Crippen LogP contribution < -0.4 is 10.6 Å². The predicted octanol–water partition coefficient (Wildman–Crippen LogP) is 1.62. The molecule has 1 fully saturated rings. The highest BCUT2D eigenvalue weighted by atomic mass is 14.9. The van der Waals surface area contributed by atoms with Crippen molar-refractivity contribution >= 4 is 0 Å². The van der Waals surface area contributed by atoms with E-state index in [4.69, 9.17) is 0 Å². The highest BCUT2D eigenvalue weighted by molar-refractivity contribution is 4.75. The molecule has 1 aliphatic rings. The molecule has 1 saturated carbocycles. The van der Waals surface area contributed by atoms with Gasteiger partial charge in [-0.25, -0.2) is 0 Å². The maximum atomic E-state index is 3.55. The average molecular weight is 184 g/mol. The van der Waals surface area contributed by atoms with E-state index in [9.17, 15) is 0 Å². The summed E-state index contributed by atoms with van der Waals surface area (Å²) in [6, 6.07) is 0. The van der Waals surface area contributed by atoms with Gasteiger partial charge in [-0.05, 0) is 51.4 Å². The Kier molecular flexibility index (Phi) is 5.40. The Morgan fingerprint density at radius 2 is 2.08 bits per heavy atom. The van der Waals surface area contributed by atoms with Crippen molar-refractivity contribution in [2.75, 3.05) is 26.7 Å². The molecule has 13 heavy (non-hydrogen) atoms. The molecule has 1 rings (SSSR count). The lowest BCUT2D eigenvalue weighted by Gasteiger charge is -2.15. The monoisotopic (exact) mass is 184 g/mol. The molecule has 0 saturated heterocycles. The Hall–Kier alpha value is -0.0800. The van der Waals surface area contributed by atoms with Crippen molar-refractivity contribution in [3.63, 3.8) is 0 Å². The first kappa shape index (κ1) is 11.0. The van der Waals surface area contributed by atoms with Gasteiger partial charge >= 0.3 is 0 Å². The number of hydrogen-bond donors (Lipinski definition) is 2. The minimum absolute atomic E-state index is 0.953. The third-order valence-corrected chi connectivity index (χ3v) is 3.23. The molecule has 2 atom stereocenters. The minimum Gasteiger partial charge on any atom is -0.320 e. The van der Waals surface area contributed by atoms with E-state index >= 15 is 0 Å². The van der Waals surface area contributed by atoms with Crippen LogP contribution in [0.25, 0.3) is 0 Å². The summed E-state index contributed by atoms with van der Waals surface area (Å²) in [5.74, 6) is 1.91. The van der Waals surface area contributed by atoms with Crippen LogP contribution in [0.3, 0.4) is 0 Å². The summed E-state index contributed by atoms with van der Waals surface area (Å²) in [6.45, 7) is 5.94. The van der Waals surface area contributed by atoms with E-state index in [0.717, 1.165) is 18.4 Å². The zero-order valence-electron chi connectivity index (χ0n) is 9.10. The molecule has 0 amide bonds. The zero-order valence-corrected chi connectivity index (χ0v) is 9.10. The fraction of sp³-hybridized carbons (Fsp3) is 1.00. The molecular weight excluding hydrogens is 160 g/mol. The Bertz CT molecular complexity index is 125. The van der Waals surface area contributed by atoms with Gasteiger partial charge in [0.25, 0.3) is 0 Å². The van der Waals surface area contributed by atoms with Crippen LogP contribution in [-0.2, 0) is 0 Å². The fourth-order valence-electron chi connectivity index (χ4n) is 2.20. The topological polar surface area (TPSA) is 24.1 Å². The normalized spacial score (nSPS) is 28.2. The maximum Gasteiger partial charge on any atom is -0.00180 e. The molecule has 0 bridgehead atoms. The molecule has 0 spiro atoms. The van der Waals surface area contributed by atoms with Crippen molar-refractivity contribution in [3.8, 4) is 0 Å². The molecule has 2 unspecified atom stereocenters. The van der Waals surface area contributed by atoms with Crippen molar-refractivity contribution in [3.05, 3.63) is 0 Å². The van der Waals surface area contributed by atoms with Gasteiger partial charge in [-0.3, -0.25) is 0 Å². The molecule has 0 aromatic rings. The van der Waals surface area contributed by atoms with Gasteiger partial charge in [-0.15, -0.1) is 0 Å². The van der Waals surface area contributed by atoms with Gasteiger partial charge in [0.2, 0.25) is 0 Å². The Morgan fingerprint density at radius 3 is 2.69 bits per heavy atom. The molecule has 1 aliphatic carbocycles. The smallest absolute Gasteiger partial charge is 0.00180 e. The van der Waals surface area contributed by atoms with Gasteiger partial charge < -0.3 is 10.6 Å². The van der Waals surface area contributed by atoms with Crippen molar-refractivity contribution in [2.24, 2.45) is 11.8 Å². The average Bonchev–Trinajstić information content (AvgIpc) is 2.52. The SMILES string of the molecule is CNCCCNCC1CCCC1C. The summed E-state index contributed by atoms with van der Waals surface area (Å²) >= 11 is 0. The first-order chi connectivity index (χ1) is 6.34. The van der Waals surface area contributed by atoms with Crippen molar-refractivity contribution in [2.45, 2.75) is 32.6 Å². The van der Waals surface area contributed by atoms with Crippen LogP contribution in [0.15, 0.2) is 0 Å². The third kappa shape index (κ3) is 4.10. The van der Waals surface area contributed by atoms with E-state index in [1.807, 2.05) is 7.05 Å². The molecule has 2 N–H and O–H groups in total. The van der Waals surface area contributed by atoms with Gasteiger partial charge in [0, 0.05) is 0 Å². The zero-order chi connectivity index (χ0) is 9.52. The van der Waals surface area contributed by atoms with E-state index in [2.05, 4.69) is 17.6 Å². The van der Waals surface area contributed by atoms with Crippen LogP contribution in [0.2, 0.25) is 0 Å². The molecule has 0 aromatic carbocycles. The first-order valence-electron chi connectivity index (χ1n) is 5.70. The van der Waals surface area contributed by atoms with Gasteiger partial charge in [-0.2, -0.15) is 0 Å². The largest absolute Gasteiger partial charge is 0.320 e. The fourth-order valence-corrected chi connectivity index (χ4v) is 2.20. The van der Waals surface area contributed by atoms with E-state index in [1.54, 1.807) is 0 Å². The van der Waals surface area contributed by atoms with Crippen LogP contribution >= 0.6 is 0 Å². The van der Waals surface area contributed by atoms with Crippen LogP contribution in [0.1, 0.15) is 32.6 Å². The van der Waals surface area contributed by atoms with Crippen LogP contribution in [0, 0.1) is 11.8 Å². The molecule has 2 nitrogen and oxygen atoms in total. The van der Waals surface area contributed by atoms with E-state index in [-0.39, 0.29) is 0 Å². The summed E-state index contributed by atoms with van der Waals surface area (Å²) in [5, 5.41) is 6.72. The van der Waals surface area contributed by atoms with E-state index in [1.165, 1.54) is 38.8 Å². The highest BCUT2D eigenvalue weighted by Gasteiger charge is 2.22. The van der Waals surface area contributed by atoms with Crippen LogP contribution in [0.5, 0.6) is 0 Å². The number of hydrogen-bond acceptors (Lipinski definition) is 2. The molecule has 0 aliphatic heterocycles. The lowest BCUT2D eigenvalue weighted by Crippen LogP contribution is -2.26. The maximum absolute atomic E-state index is 3.55. The van der Waals surface area contributed by atoms with Crippen molar-refractivity contribution in [1.82, 2.24) is 10.6 Å². The molecule has 78 valence electrons. The Labute approximate surface area is 82.5 Å². The lowest BCUT2D eigenvalue weighted by molar-refractivity contribution is 0.391. The van der Waals surface area contributed by atoms with E-state index < -0.39 is 0 Å².